The minimum Gasteiger partial charge on any atom is -0.172 e. The fourth-order valence-corrected chi connectivity index (χ4v) is 11.9. The lowest BCUT2D eigenvalue weighted by atomic mass is 10.0. The van der Waals surface area contributed by atoms with Crippen LogP contribution in [0.1, 0.15) is 112 Å². The Morgan fingerprint density at radius 2 is 1.00 bits per heavy atom. The first-order valence-corrected chi connectivity index (χ1v) is 20.5. The zero-order chi connectivity index (χ0) is 31.2. The fraction of sp³-hybridized carbons (Fsp3) is 0.421. The van der Waals surface area contributed by atoms with E-state index in [0.29, 0.717) is 0 Å². The molecule has 232 valence electrons. The van der Waals surface area contributed by atoms with E-state index in [0.717, 1.165) is 33.6 Å². The largest absolute Gasteiger partial charge is 0.172 e. The normalized spacial score (nSPS) is 11.6. The van der Waals surface area contributed by atoms with Gasteiger partial charge in [0.1, 0.15) is 11.0 Å². The van der Waals surface area contributed by atoms with Crippen molar-refractivity contribution in [1.82, 2.24) is 8.75 Å². The maximum Gasteiger partial charge on any atom is 0.114 e. The van der Waals surface area contributed by atoms with Crippen molar-refractivity contribution in [2.24, 2.45) is 0 Å². The molecule has 0 aliphatic carbocycles. The van der Waals surface area contributed by atoms with E-state index in [1.807, 2.05) is 22.7 Å². The lowest BCUT2D eigenvalue weighted by Crippen LogP contribution is -1.87. The number of hydrogen-bond acceptors (Lipinski definition) is 7. The van der Waals surface area contributed by atoms with Crippen molar-refractivity contribution < 1.29 is 0 Å². The molecule has 6 rings (SSSR count). The van der Waals surface area contributed by atoms with Gasteiger partial charge in [-0.15, -0.1) is 58.2 Å². The molecule has 0 saturated heterocycles. The maximum atomic E-state index is 5.96. The number of unbranched alkanes of at least 4 members (excludes halogenated alkanes) is 10. The monoisotopic (exact) mass is 684 g/mol. The molecule has 0 atom stereocenters. The number of terminal acetylenes is 2. The van der Waals surface area contributed by atoms with Crippen molar-refractivity contribution in [3.63, 3.8) is 0 Å². The minimum atomic E-state index is 0.995. The van der Waals surface area contributed by atoms with Gasteiger partial charge in [-0.2, -0.15) is 8.75 Å². The predicted octanol–water partition coefficient (Wildman–Crippen LogP) is 13.3. The second-order valence-corrected chi connectivity index (χ2v) is 16.6. The van der Waals surface area contributed by atoms with Crippen LogP contribution in [0.2, 0.25) is 0 Å². The van der Waals surface area contributed by atoms with E-state index in [-0.39, 0.29) is 0 Å². The molecule has 0 radical (unpaired) electrons. The van der Waals surface area contributed by atoms with Crippen molar-refractivity contribution in [1.29, 1.82) is 0 Å². The summed E-state index contributed by atoms with van der Waals surface area (Å²) in [6.07, 6.45) is 29.5. The van der Waals surface area contributed by atoms with Crippen LogP contribution in [0.25, 0.3) is 50.7 Å². The van der Waals surface area contributed by atoms with Gasteiger partial charge in [-0.25, -0.2) is 0 Å². The lowest BCUT2D eigenvalue weighted by Gasteiger charge is -2.04. The Morgan fingerprint density at radius 3 is 1.42 bits per heavy atom. The molecule has 0 amide bonds. The third kappa shape index (κ3) is 6.95. The first kappa shape index (κ1) is 32.4. The van der Waals surface area contributed by atoms with Gasteiger partial charge in [0.05, 0.1) is 30.9 Å². The van der Waals surface area contributed by atoms with Crippen LogP contribution in [0.4, 0.5) is 0 Å². The van der Waals surface area contributed by atoms with Crippen LogP contribution in [0.3, 0.4) is 0 Å². The summed E-state index contributed by atoms with van der Waals surface area (Å²) in [6, 6.07) is 9.14. The molecule has 0 fully saturated rings. The van der Waals surface area contributed by atoms with Gasteiger partial charge in [-0.1, -0.05) is 102 Å². The molecule has 0 aliphatic heterocycles. The predicted molar refractivity (Wildman–Crippen MR) is 205 cm³/mol. The third-order valence-electron chi connectivity index (χ3n) is 8.69. The van der Waals surface area contributed by atoms with Gasteiger partial charge in [0.15, 0.2) is 0 Å². The molecule has 1 aromatic carbocycles. The van der Waals surface area contributed by atoms with Crippen molar-refractivity contribution in [2.45, 2.75) is 104 Å². The number of hydrogen-bond donors (Lipinski definition) is 0. The average molecular weight is 685 g/mol. The van der Waals surface area contributed by atoms with E-state index in [2.05, 4.69) is 50.0 Å². The Balaban J connectivity index is 1.26. The highest BCUT2D eigenvalue weighted by molar-refractivity contribution is 7.30. The molecule has 0 N–H and O–H groups in total. The molecular formula is C38H40N2S5. The van der Waals surface area contributed by atoms with Gasteiger partial charge in [0.25, 0.3) is 0 Å². The number of benzene rings is 1. The van der Waals surface area contributed by atoms with Crippen LogP contribution >= 0.6 is 57.1 Å². The van der Waals surface area contributed by atoms with Crippen LogP contribution < -0.4 is 0 Å². The molecular weight excluding hydrogens is 645 g/mol. The zero-order valence-electron chi connectivity index (χ0n) is 26.3. The number of fused-ring (bicyclic) bond motifs is 3. The maximum absolute atomic E-state index is 5.96. The van der Waals surface area contributed by atoms with Gasteiger partial charge in [-0.05, 0) is 48.9 Å². The molecule has 45 heavy (non-hydrogen) atoms. The van der Waals surface area contributed by atoms with E-state index in [9.17, 15) is 0 Å². The number of nitrogens with zero attached hydrogens (tertiary/aromatic N) is 2. The van der Waals surface area contributed by atoms with Crippen LogP contribution in [-0.4, -0.2) is 8.75 Å². The molecule has 0 unspecified atom stereocenters. The standard InChI is InChI=1S/C38H40N2S5/c1-5-9-11-13-15-17-19-27-29(7-3)41-33-23-31(43-37(27)33)25-21-22-26(36-35(25)39-45-40-36)32-24-34-38(44-32)28(30(8-4)42-34)20-18-16-14-12-10-6-2/h3-4,21-24H,5-6,9-20H2,1-2H3. The summed E-state index contributed by atoms with van der Waals surface area (Å²) in [4.78, 5) is 4.71. The second-order valence-electron chi connectivity index (χ2n) is 11.9. The van der Waals surface area contributed by atoms with E-state index in [1.54, 1.807) is 22.7 Å². The van der Waals surface area contributed by atoms with Gasteiger partial charge in [0.2, 0.25) is 0 Å². The van der Waals surface area contributed by atoms with Crippen molar-refractivity contribution >= 4 is 86.9 Å². The molecule has 5 heterocycles. The van der Waals surface area contributed by atoms with Crippen molar-refractivity contribution in [3.8, 4) is 45.6 Å². The van der Waals surface area contributed by atoms with E-state index >= 15 is 0 Å². The van der Waals surface area contributed by atoms with Gasteiger partial charge >= 0.3 is 0 Å². The fourth-order valence-electron chi connectivity index (χ4n) is 6.25. The van der Waals surface area contributed by atoms with Crippen LogP contribution in [-0.2, 0) is 12.8 Å². The average Bonchev–Trinajstić information content (AvgIpc) is 3.87. The smallest absolute Gasteiger partial charge is 0.114 e. The Labute approximate surface area is 288 Å². The molecule has 0 spiro atoms. The van der Waals surface area contributed by atoms with E-state index in [4.69, 9.17) is 21.6 Å². The number of thiophene rings is 4. The van der Waals surface area contributed by atoms with Gasteiger partial charge in [0, 0.05) is 30.3 Å². The summed E-state index contributed by atoms with van der Waals surface area (Å²) in [6.45, 7) is 4.54. The first-order chi connectivity index (χ1) is 22.2. The summed E-state index contributed by atoms with van der Waals surface area (Å²) in [7, 11) is 0. The Morgan fingerprint density at radius 1 is 0.578 bits per heavy atom. The molecule has 6 aromatic rings. The summed E-state index contributed by atoms with van der Waals surface area (Å²) in [5, 5.41) is 0. The lowest BCUT2D eigenvalue weighted by molar-refractivity contribution is 0.608. The number of aryl methyl sites for hydroxylation is 2. The second kappa shape index (κ2) is 15.4. The highest BCUT2D eigenvalue weighted by Gasteiger charge is 2.21. The van der Waals surface area contributed by atoms with Crippen molar-refractivity contribution in [3.05, 3.63) is 45.1 Å². The van der Waals surface area contributed by atoms with Crippen molar-refractivity contribution in [2.75, 3.05) is 0 Å². The van der Waals surface area contributed by atoms with E-state index < -0.39 is 0 Å². The van der Waals surface area contributed by atoms with Gasteiger partial charge < -0.3 is 0 Å². The minimum absolute atomic E-state index is 0.995. The molecule has 5 aromatic heterocycles. The first-order valence-electron chi connectivity index (χ1n) is 16.5. The Kier molecular flexibility index (Phi) is 11.1. The summed E-state index contributed by atoms with van der Waals surface area (Å²) < 4.78 is 15.0. The summed E-state index contributed by atoms with van der Waals surface area (Å²) in [5.74, 6) is 5.96. The quantitative estimate of drug-likeness (QED) is 0.0749. The van der Waals surface area contributed by atoms with E-state index in [1.165, 1.54) is 140 Å². The van der Waals surface area contributed by atoms with Crippen LogP contribution in [0.15, 0.2) is 24.3 Å². The molecule has 0 bridgehead atoms. The zero-order valence-corrected chi connectivity index (χ0v) is 30.4. The topological polar surface area (TPSA) is 25.8 Å². The molecule has 0 aliphatic rings. The Hall–Kier alpha value is -2.52. The summed E-state index contributed by atoms with van der Waals surface area (Å²) in [5.41, 5.74) is 7.07. The van der Waals surface area contributed by atoms with Crippen LogP contribution in [0.5, 0.6) is 0 Å². The molecule has 0 saturated carbocycles. The highest BCUT2D eigenvalue weighted by Crippen LogP contribution is 2.47. The molecule has 7 heteroatoms. The van der Waals surface area contributed by atoms with Gasteiger partial charge in [-0.3, -0.25) is 0 Å². The molecule has 2 nitrogen and oxygen atoms in total. The number of rotatable bonds is 16. The van der Waals surface area contributed by atoms with Crippen LogP contribution in [0, 0.1) is 24.7 Å². The third-order valence-corrected chi connectivity index (χ3v) is 14.1. The summed E-state index contributed by atoms with van der Waals surface area (Å²) >= 11 is 8.57. The highest BCUT2D eigenvalue weighted by atomic mass is 32.1. The number of aromatic nitrogens is 2. The Bertz CT molecular complexity index is 1840. The SMILES string of the molecule is C#Cc1sc2cc(-c3ccc(-c4cc5sc(C#C)c(CCCCCCCC)c5s4)c4nsnc34)sc2c1CCCCCCCC.